The van der Waals surface area contributed by atoms with Crippen molar-refractivity contribution in [2.24, 2.45) is 17.6 Å². The standard InChI is InChI=1S/C13H23N3O/c1-15-6-3-10(4-7-15)12(17)16-8-11-2-5-13(11,14)9-16/h10-11H,2-9,14H2,1H3. The molecule has 3 aliphatic rings. The smallest absolute Gasteiger partial charge is 0.225 e. The molecule has 0 bridgehead atoms. The molecule has 0 aromatic rings. The summed E-state index contributed by atoms with van der Waals surface area (Å²) in [6.45, 7) is 3.84. The van der Waals surface area contributed by atoms with E-state index < -0.39 is 0 Å². The SMILES string of the molecule is CN1CCC(C(=O)N2CC3CCC3(N)C2)CC1. The van der Waals surface area contributed by atoms with E-state index in [1.54, 1.807) is 0 Å². The lowest BCUT2D eigenvalue weighted by molar-refractivity contribution is -0.136. The van der Waals surface area contributed by atoms with E-state index in [1.807, 2.05) is 4.90 Å². The Bertz CT molecular complexity index is 325. The molecule has 2 aliphatic heterocycles. The Hall–Kier alpha value is -0.610. The van der Waals surface area contributed by atoms with Crippen LogP contribution in [-0.4, -0.2) is 54.5 Å². The average Bonchev–Trinajstić information content (AvgIpc) is 2.54. The number of carbonyl (C=O) groups is 1. The summed E-state index contributed by atoms with van der Waals surface area (Å²) in [5, 5.41) is 0. The summed E-state index contributed by atoms with van der Waals surface area (Å²) >= 11 is 0. The molecule has 2 heterocycles. The molecule has 0 spiro atoms. The maximum atomic E-state index is 12.4. The zero-order valence-electron chi connectivity index (χ0n) is 10.7. The Morgan fingerprint density at radius 2 is 2.00 bits per heavy atom. The third kappa shape index (κ3) is 1.87. The molecule has 0 aromatic carbocycles. The van der Waals surface area contributed by atoms with Gasteiger partial charge in [-0.3, -0.25) is 4.79 Å². The molecule has 3 fully saturated rings. The van der Waals surface area contributed by atoms with Gasteiger partial charge >= 0.3 is 0 Å². The first-order chi connectivity index (χ1) is 8.08. The number of rotatable bonds is 1. The van der Waals surface area contributed by atoms with Crippen LogP contribution in [0, 0.1) is 11.8 Å². The number of hydrogen-bond donors (Lipinski definition) is 1. The van der Waals surface area contributed by atoms with Crippen LogP contribution in [0.2, 0.25) is 0 Å². The quantitative estimate of drug-likeness (QED) is 0.712. The van der Waals surface area contributed by atoms with Crippen molar-refractivity contribution in [3.8, 4) is 0 Å². The fourth-order valence-corrected chi connectivity index (χ4v) is 3.57. The Morgan fingerprint density at radius 3 is 2.47 bits per heavy atom. The lowest BCUT2D eigenvalue weighted by Gasteiger charge is -2.40. The zero-order valence-corrected chi connectivity index (χ0v) is 10.7. The average molecular weight is 237 g/mol. The Balaban J connectivity index is 1.60. The van der Waals surface area contributed by atoms with Gasteiger partial charge in [0, 0.05) is 24.5 Å². The van der Waals surface area contributed by atoms with Crippen molar-refractivity contribution in [3.05, 3.63) is 0 Å². The summed E-state index contributed by atoms with van der Waals surface area (Å²) in [6, 6.07) is 0. The van der Waals surface area contributed by atoms with Crippen molar-refractivity contribution in [2.45, 2.75) is 31.2 Å². The Morgan fingerprint density at radius 1 is 1.29 bits per heavy atom. The third-order valence-corrected chi connectivity index (χ3v) is 5.08. The third-order valence-electron chi connectivity index (χ3n) is 5.08. The van der Waals surface area contributed by atoms with Gasteiger partial charge in [0.05, 0.1) is 0 Å². The van der Waals surface area contributed by atoms with Crippen LogP contribution in [0.5, 0.6) is 0 Å². The van der Waals surface area contributed by atoms with Gasteiger partial charge < -0.3 is 15.5 Å². The second-order valence-corrected chi connectivity index (χ2v) is 6.27. The largest absolute Gasteiger partial charge is 0.340 e. The fraction of sp³-hybridized carbons (Fsp3) is 0.923. The molecule has 17 heavy (non-hydrogen) atoms. The van der Waals surface area contributed by atoms with Crippen molar-refractivity contribution in [1.29, 1.82) is 0 Å². The van der Waals surface area contributed by atoms with E-state index in [1.165, 1.54) is 6.42 Å². The minimum Gasteiger partial charge on any atom is -0.340 e. The first-order valence-electron chi connectivity index (χ1n) is 6.85. The highest BCUT2D eigenvalue weighted by atomic mass is 16.2. The minimum absolute atomic E-state index is 0.0267. The molecule has 3 rings (SSSR count). The van der Waals surface area contributed by atoms with Crippen molar-refractivity contribution in [2.75, 3.05) is 33.2 Å². The number of fused-ring (bicyclic) bond motifs is 1. The van der Waals surface area contributed by atoms with Crippen molar-refractivity contribution >= 4 is 5.91 Å². The van der Waals surface area contributed by atoms with Crippen LogP contribution < -0.4 is 5.73 Å². The molecule has 1 aliphatic carbocycles. The van der Waals surface area contributed by atoms with Gasteiger partial charge in [0.25, 0.3) is 0 Å². The number of carbonyl (C=O) groups excluding carboxylic acids is 1. The van der Waals surface area contributed by atoms with Crippen LogP contribution in [0.3, 0.4) is 0 Å². The van der Waals surface area contributed by atoms with E-state index in [4.69, 9.17) is 5.73 Å². The van der Waals surface area contributed by atoms with E-state index >= 15 is 0 Å². The van der Waals surface area contributed by atoms with Crippen molar-refractivity contribution in [1.82, 2.24) is 9.80 Å². The summed E-state index contributed by atoms with van der Waals surface area (Å²) < 4.78 is 0. The topological polar surface area (TPSA) is 49.6 Å². The highest BCUT2D eigenvalue weighted by molar-refractivity contribution is 5.79. The van der Waals surface area contributed by atoms with Crippen molar-refractivity contribution < 1.29 is 4.79 Å². The summed E-state index contributed by atoms with van der Waals surface area (Å²) in [6.07, 6.45) is 4.37. The number of hydrogen-bond acceptors (Lipinski definition) is 3. The van der Waals surface area contributed by atoms with E-state index in [2.05, 4.69) is 11.9 Å². The van der Waals surface area contributed by atoms with Crippen LogP contribution in [-0.2, 0) is 4.79 Å². The number of nitrogens with two attached hydrogens (primary N) is 1. The maximum Gasteiger partial charge on any atom is 0.225 e. The molecule has 2 atom stereocenters. The van der Waals surface area contributed by atoms with Crippen LogP contribution in [0.25, 0.3) is 0 Å². The van der Waals surface area contributed by atoms with Crippen LogP contribution in [0.15, 0.2) is 0 Å². The summed E-state index contributed by atoms with van der Waals surface area (Å²) in [5.41, 5.74) is 6.26. The van der Waals surface area contributed by atoms with Gasteiger partial charge in [0.2, 0.25) is 5.91 Å². The monoisotopic (exact) mass is 237 g/mol. The first kappa shape index (κ1) is 11.5. The normalized spacial score (nSPS) is 38.9. The molecule has 0 radical (unpaired) electrons. The molecular formula is C13H23N3O. The summed E-state index contributed by atoms with van der Waals surface area (Å²) in [7, 11) is 2.13. The zero-order chi connectivity index (χ0) is 12.0. The molecular weight excluding hydrogens is 214 g/mol. The highest BCUT2D eigenvalue weighted by Gasteiger charge is 2.51. The van der Waals surface area contributed by atoms with Gasteiger partial charge in [0.1, 0.15) is 0 Å². The van der Waals surface area contributed by atoms with E-state index in [-0.39, 0.29) is 11.5 Å². The fourth-order valence-electron chi connectivity index (χ4n) is 3.57. The maximum absolute atomic E-state index is 12.4. The van der Waals surface area contributed by atoms with Gasteiger partial charge in [-0.1, -0.05) is 0 Å². The molecule has 2 saturated heterocycles. The van der Waals surface area contributed by atoms with Gasteiger partial charge in [-0.15, -0.1) is 0 Å². The number of nitrogens with zero attached hydrogens (tertiary/aromatic N) is 2. The Kier molecular flexibility index (Phi) is 2.67. The van der Waals surface area contributed by atoms with Gasteiger partial charge in [-0.2, -0.15) is 0 Å². The number of amides is 1. The summed E-state index contributed by atoms with van der Waals surface area (Å²) in [4.78, 5) is 16.8. The summed E-state index contributed by atoms with van der Waals surface area (Å²) in [5.74, 6) is 1.21. The van der Waals surface area contributed by atoms with Crippen LogP contribution >= 0.6 is 0 Å². The predicted molar refractivity (Wildman–Crippen MR) is 66.4 cm³/mol. The van der Waals surface area contributed by atoms with E-state index in [0.717, 1.165) is 45.4 Å². The lowest BCUT2D eigenvalue weighted by Crippen LogP contribution is -2.55. The molecule has 2 N–H and O–H groups in total. The molecule has 0 aromatic heterocycles. The molecule has 1 saturated carbocycles. The van der Waals surface area contributed by atoms with Crippen LogP contribution in [0.4, 0.5) is 0 Å². The molecule has 4 nitrogen and oxygen atoms in total. The number of likely N-dealkylation sites (tertiary alicyclic amines) is 2. The minimum atomic E-state index is -0.0267. The van der Waals surface area contributed by atoms with Gasteiger partial charge in [-0.05, 0) is 51.7 Å². The highest BCUT2D eigenvalue weighted by Crippen LogP contribution is 2.43. The Labute approximate surface area is 103 Å². The van der Waals surface area contributed by atoms with Crippen LogP contribution in [0.1, 0.15) is 25.7 Å². The molecule has 4 heteroatoms. The van der Waals surface area contributed by atoms with E-state index in [9.17, 15) is 4.79 Å². The lowest BCUT2D eigenvalue weighted by atomic mass is 9.70. The number of piperidine rings is 1. The predicted octanol–water partition coefficient (Wildman–Crippen LogP) is 0.278. The van der Waals surface area contributed by atoms with Crippen molar-refractivity contribution in [3.63, 3.8) is 0 Å². The molecule has 96 valence electrons. The van der Waals surface area contributed by atoms with Gasteiger partial charge in [-0.25, -0.2) is 0 Å². The van der Waals surface area contributed by atoms with E-state index in [0.29, 0.717) is 11.8 Å². The first-order valence-corrected chi connectivity index (χ1v) is 6.85. The second kappa shape index (κ2) is 3.95. The second-order valence-electron chi connectivity index (χ2n) is 6.27. The molecule has 1 amide bonds. The van der Waals surface area contributed by atoms with Gasteiger partial charge in [0.15, 0.2) is 0 Å². The molecule has 2 unspecified atom stereocenters.